The fourth-order valence-electron chi connectivity index (χ4n) is 2.17. The topological polar surface area (TPSA) is 66.5 Å². The van der Waals surface area contributed by atoms with Crippen molar-refractivity contribution < 1.29 is 13.2 Å². The number of hydrogen-bond donors (Lipinski definition) is 1. The van der Waals surface area contributed by atoms with Gasteiger partial charge < -0.3 is 10.2 Å². The van der Waals surface area contributed by atoms with E-state index in [4.69, 9.17) is 0 Å². The maximum Gasteiger partial charge on any atom is 0.232 e. The molecule has 104 valence electrons. The molecule has 5 nitrogen and oxygen atoms in total. The Balaban J connectivity index is 1.71. The molecule has 1 amide bonds. The van der Waals surface area contributed by atoms with E-state index in [1.807, 2.05) is 0 Å². The number of hydrogen-bond acceptors (Lipinski definition) is 5. The lowest BCUT2D eigenvalue weighted by Crippen LogP contribution is -2.43. The highest BCUT2D eigenvalue weighted by Crippen LogP contribution is 2.18. The molecule has 0 saturated carbocycles. The van der Waals surface area contributed by atoms with Gasteiger partial charge in [-0.3, -0.25) is 4.79 Å². The van der Waals surface area contributed by atoms with E-state index in [0.717, 1.165) is 18.8 Å². The molecule has 2 saturated heterocycles. The van der Waals surface area contributed by atoms with Gasteiger partial charge in [-0.05, 0) is 31.2 Å². The zero-order valence-electron chi connectivity index (χ0n) is 10.6. The Morgan fingerprint density at radius 2 is 2.17 bits per heavy atom. The summed E-state index contributed by atoms with van der Waals surface area (Å²) in [6.07, 6.45) is 0.585. The van der Waals surface area contributed by atoms with Crippen molar-refractivity contribution in [3.63, 3.8) is 0 Å². The normalized spacial score (nSPS) is 26.8. The number of amides is 1. The molecule has 0 radical (unpaired) electrons. The van der Waals surface area contributed by atoms with Crippen LogP contribution in [0.3, 0.4) is 0 Å². The summed E-state index contributed by atoms with van der Waals surface area (Å²) in [4.78, 5) is 13.5. The lowest BCUT2D eigenvalue weighted by atomic mass is 10.1. The van der Waals surface area contributed by atoms with Crippen molar-refractivity contribution in [3.8, 4) is 0 Å². The van der Waals surface area contributed by atoms with Crippen LogP contribution in [0.15, 0.2) is 0 Å². The molecule has 0 aromatic heterocycles. The minimum atomic E-state index is -2.91. The van der Waals surface area contributed by atoms with E-state index >= 15 is 0 Å². The number of thioether (sulfide) groups is 1. The van der Waals surface area contributed by atoms with Gasteiger partial charge in [0.15, 0.2) is 9.84 Å². The van der Waals surface area contributed by atoms with Crippen molar-refractivity contribution in [2.45, 2.75) is 12.5 Å². The van der Waals surface area contributed by atoms with Gasteiger partial charge in [-0.15, -0.1) is 0 Å². The summed E-state index contributed by atoms with van der Waals surface area (Å²) in [6.45, 7) is 2.11. The van der Waals surface area contributed by atoms with Crippen molar-refractivity contribution in [1.82, 2.24) is 10.2 Å². The largest absolute Gasteiger partial charge is 0.341 e. The third-order valence-electron chi connectivity index (χ3n) is 3.59. The van der Waals surface area contributed by atoms with Crippen molar-refractivity contribution in [2.75, 3.05) is 43.1 Å². The van der Waals surface area contributed by atoms with Crippen LogP contribution in [0, 0.1) is 5.92 Å². The molecule has 2 aliphatic heterocycles. The maximum absolute atomic E-state index is 11.9. The molecule has 2 fully saturated rings. The van der Waals surface area contributed by atoms with E-state index in [9.17, 15) is 13.2 Å². The number of sulfone groups is 1. The summed E-state index contributed by atoms with van der Waals surface area (Å²) >= 11 is 1.65. The van der Waals surface area contributed by atoms with Crippen LogP contribution in [-0.4, -0.2) is 68.4 Å². The number of rotatable bonds is 5. The van der Waals surface area contributed by atoms with E-state index in [1.165, 1.54) is 0 Å². The fraction of sp³-hybridized carbons (Fsp3) is 0.909. The molecule has 18 heavy (non-hydrogen) atoms. The third kappa shape index (κ3) is 3.61. The van der Waals surface area contributed by atoms with E-state index < -0.39 is 9.84 Å². The lowest BCUT2D eigenvalue weighted by Gasteiger charge is -2.27. The van der Waals surface area contributed by atoms with Crippen LogP contribution in [0.25, 0.3) is 0 Å². The van der Waals surface area contributed by atoms with E-state index in [-0.39, 0.29) is 23.5 Å². The highest BCUT2D eigenvalue weighted by Gasteiger charge is 2.32. The molecule has 2 aliphatic rings. The summed E-state index contributed by atoms with van der Waals surface area (Å²) < 4.78 is 22.7. The van der Waals surface area contributed by atoms with Gasteiger partial charge in [-0.1, -0.05) is 0 Å². The van der Waals surface area contributed by atoms with Gasteiger partial charge in [0, 0.05) is 13.1 Å². The molecule has 0 bridgehead atoms. The van der Waals surface area contributed by atoms with Crippen LogP contribution in [-0.2, 0) is 14.6 Å². The Bertz CT molecular complexity index is 407. The minimum Gasteiger partial charge on any atom is -0.341 e. The molecule has 7 heteroatoms. The number of nitrogens with one attached hydrogen (secondary N) is 1. The van der Waals surface area contributed by atoms with E-state index in [1.54, 1.807) is 23.7 Å². The smallest absolute Gasteiger partial charge is 0.232 e. The second kappa shape index (κ2) is 5.79. The molecule has 0 aromatic rings. The Labute approximate surface area is 113 Å². The number of nitrogens with zero attached hydrogens (tertiary/aromatic N) is 1. The number of carbonyl (C=O) groups excluding carboxylic acids is 1. The maximum atomic E-state index is 11.9. The predicted octanol–water partition coefficient (Wildman–Crippen LogP) is -0.415. The van der Waals surface area contributed by atoms with Crippen LogP contribution >= 0.6 is 11.8 Å². The summed E-state index contributed by atoms with van der Waals surface area (Å²) in [5.41, 5.74) is 0. The standard InChI is InChI=1S/C11H20N2O3S2/c1-13(10-2-3-18(15,16)8-10)11(14)7-17-6-9-4-12-5-9/h9-10,12H,2-8H2,1H3. The second-order valence-corrected chi connectivity index (χ2v) is 8.36. The van der Waals surface area contributed by atoms with Crippen molar-refractivity contribution in [3.05, 3.63) is 0 Å². The number of carbonyl (C=O) groups is 1. The molecule has 1 unspecified atom stereocenters. The molecule has 2 rings (SSSR count). The van der Waals surface area contributed by atoms with Crippen LogP contribution in [0.4, 0.5) is 0 Å². The Kier molecular flexibility index (Phi) is 4.55. The first kappa shape index (κ1) is 14.1. The highest BCUT2D eigenvalue weighted by atomic mass is 32.2. The van der Waals surface area contributed by atoms with Crippen molar-refractivity contribution in [2.24, 2.45) is 5.92 Å². The fourth-order valence-corrected chi connectivity index (χ4v) is 5.01. The van der Waals surface area contributed by atoms with Crippen LogP contribution in [0.5, 0.6) is 0 Å². The van der Waals surface area contributed by atoms with Crippen LogP contribution in [0.1, 0.15) is 6.42 Å². The van der Waals surface area contributed by atoms with Gasteiger partial charge in [0.2, 0.25) is 5.91 Å². The zero-order chi connectivity index (χ0) is 13.2. The Morgan fingerprint density at radius 3 is 2.67 bits per heavy atom. The minimum absolute atomic E-state index is 0.0504. The summed E-state index contributed by atoms with van der Waals surface area (Å²) in [5.74, 6) is 2.57. The van der Waals surface area contributed by atoms with E-state index in [2.05, 4.69) is 5.32 Å². The Morgan fingerprint density at radius 1 is 1.44 bits per heavy atom. The average molecular weight is 292 g/mol. The quantitative estimate of drug-likeness (QED) is 0.746. The molecule has 0 aromatic carbocycles. The molecule has 1 N–H and O–H groups in total. The van der Waals surface area contributed by atoms with Crippen LogP contribution < -0.4 is 5.32 Å². The first-order valence-electron chi connectivity index (χ1n) is 6.22. The SMILES string of the molecule is CN(C(=O)CSCC1CNC1)C1CCS(=O)(=O)C1. The van der Waals surface area contributed by atoms with Gasteiger partial charge in [0.25, 0.3) is 0 Å². The molecule has 2 heterocycles. The summed E-state index contributed by atoms with van der Waals surface area (Å²) in [7, 11) is -1.19. The summed E-state index contributed by atoms with van der Waals surface area (Å²) in [5, 5.41) is 3.20. The average Bonchev–Trinajstić information content (AvgIpc) is 2.61. The van der Waals surface area contributed by atoms with Gasteiger partial charge in [-0.2, -0.15) is 11.8 Å². The zero-order valence-corrected chi connectivity index (χ0v) is 12.2. The monoisotopic (exact) mass is 292 g/mol. The van der Waals surface area contributed by atoms with Crippen molar-refractivity contribution in [1.29, 1.82) is 0 Å². The van der Waals surface area contributed by atoms with Gasteiger partial charge >= 0.3 is 0 Å². The Hall–Kier alpha value is -0.270. The van der Waals surface area contributed by atoms with Crippen LogP contribution in [0.2, 0.25) is 0 Å². The molecular weight excluding hydrogens is 272 g/mol. The molecule has 0 aliphatic carbocycles. The third-order valence-corrected chi connectivity index (χ3v) is 6.50. The first-order valence-corrected chi connectivity index (χ1v) is 9.20. The second-order valence-electron chi connectivity index (χ2n) is 5.10. The van der Waals surface area contributed by atoms with Crippen molar-refractivity contribution >= 4 is 27.5 Å². The molecule has 0 spiro atoms. The van der Waals surface area contributed by atoms with Gasteiger partial charge in [0.05, 0.1) is 17.3 Å². The summed E-state index contributed by atoms with van der Waals surface area (Å²) in [6, 6.07) is -0.117. The first-order chi connectivity index (χ1) is 8.48. The highest BCUT2D eigenvalue weighted by molar-refractivity contribution is 7.99. The van der Waals surface area contributed by atoms with E-state index in [0.29, 0.717) is 18.1 Å². The molecule has 1 atom stereocenters. The van der Waals surface area contributed by atoms with Gasteiger partial charge in [0.1, 0.15) is 0 Å². The van der Waals surface area contributed by atoms with Gasteiger partial charge in [-0.25, -0.2) is 8.42 Å². The molecular formula is C11H20N2O3S2. The predicted molar refractivity (Wildman–Crippen MR) is 73.5 cm³/mol. The lowest BCUT2D eigenvalue weighted by molar-refractivity contribution is -0.128.